The lowest BCUT2D eigenvalue weighted by Gasteiger charge is -2.44. The summed E-state index contributed by atoms with van der Waals surface area (Å²) in [5, 5.41) is 2.14. The van der Waals surface area contributed by atoms with Gasteiger partial charge in [0.2, 0.25) is 5.91 Å². The van der Waals surface area contributed by atoms with Crippen LogP contribution in [0.1, 0.15) is 23.3 Å². The summed E-state index contributed by atoms with van der Waals surface area (Å²) in [5.41, 5.74) is 0.969. The molecule has 0 aliphatic carbocycles. The van der Waals surface area contributed by atoms with Crippen LogP contribution in [0.25, 0.3) is 0 Å². The molecule has 0 radical (unpaired) electrons. The van der Waals surface area contributed by atoms with E-state index in [0.29, 0.717) is 13.1 Å². The van der Waals surface area contributed by atoms with Crippen LogP contribution in [-0.4, -0.2) is 35.1 Å². The molecule has 4 rings (SSSR count). The maximum absolute atomic E-state index is 12.5. The molecule has 0 N–H and O–H groups in total. The number of pyridine rings is 1. The van der Waals surface area contributed by atoms with Crippen LogP contribution in [0, 0.1) is 0 Å². The standard InChI is InChI=1S/C18H20N2O3S/c21-16-3-1-2-8-20(16)13-17(22)19-9-6-18(7-10-19)14-5-12-24-15(14)4-11-23-18/h1-3,5,8,12H,4,6-7,9-11,13H2. The van der Waals surface area contributed by atoms with Crippen molar-refractivity contribution in [2.45, 2.75) is 31.4 Å². The van der Waals surface area contributed by atoms with Gasteiger partial charge >= 0.3 is 0 Å². The zero-order chi connectivity index (χ0) is 16.6. The van der Waals surface area contributed by atoms with Gasteiger partial charge in [0, 0.05) is 36.7 Å². The molecule has 0 bridgehead atoms. The number of hydrogen-bond acceptors (Lipinski definition) is 4. The number of piperidine rings is 1. The Bertz CT molecular complexity index is 802. The molecule has 2 aromatic heterocycles. The Labute approximate surface area is 144 Å². The number of hydrogen-bond donors (Lipinski definition) is 0. The van der Waals surface area contributed by atoms with Crippen LogP contribution in [0.3, 0.4) is 0 Å². The van der Waals surface area contributed by atoms with Crippen molar-refractivity contribution in [3.63, 3.8) is 0 Å². The summed E-state index contributed by atoms with van der Waals surface area (Å²) in [6, 6.07) is 7.12. The molecule has 2 aliphatic heterocycles. The zero-order valence-corrected chi connectivity index (χ0v) is 14.3. The number of likely N-dealkylation sites (tertiary alicyclic amines) is 1. The summed E-state index contributed by atoms with van der Waals surface area (Å²) in [4.78, 5) is 27.6. The van der Waals surface area contributed by atoms with Gasteiger partial charge in [-0.15, -0.1) is 11.3 Å². The smallest absolute Gasteiger partial charge is 0.250 e. The van der Waals surface area contributed by atoms with Crippen molar-refractivity contribution in [3.8, 4) is 0 Å². The highest BCUT2D eigenvalue weighted by atomic mass is 32.1. The monoisotopic (exact) mass is 344 g/mol. The summed E-state index contributed by atoms with van der Waals surface area (Å²) >= 11 is 1.80. The number of thiophene rings is 1. The number of carbonyl (C=O) groups is 1. The lowest BCUT2D eigenvalue weighted by molar-refractivity contribution is -0.141. The molecule has 0 unspecified atom stereocenters. The first kappa shape index (κ1) is 15.6. The van der Waals surface area contributed by atoms with Gasteiger partial charge in [0.25, 0.3) is 5.56 Å². The van der Waals surface area contributed by atoms with Crippen molar-refractivity contribution < 1.29 is 9.53 Å². The van der Waals surface area contributed by atoms with Gasteiger partial charge in [0.1, 0.15) is 6.54 Å². The van der Waals surface area contributed by atoms with E-state index in [-0.39, 0.29) is 23.6 Å². The van der Waals surface area contributed by atoms with Crippen molar-refractivity contribution in [2.75, 3.05) is 19.7 Å². The Hall–Kier alpha value is -1.92. The van der Waals surface area contributed by atoms with Crippen LogP contribution in [-0.2, 0) is 28.1 Å². The molecule has 0 aromatic carbocycles. The molecule has 126 valence electrons. The molecule has 1 saturated heterocycles. The number of fused-ring (bicyclic) bond motifs is 2. The number of carbonyl (C=O) groups excluding carboxylic acids is 1. The molecule has 24 heavy (non-hydrogen) atoms. The molecular formula is C18H20N2O3S. The van der Waals surface area contributed by atoms with Crippen molar-refractivity contribution in [2.24, 2.45) is 0 Å². The molecule has 4 heterocycles. The largest absolute Gasteiger partial charge is 0.370 e. The number of nitrogens with zero attached hydrogens (tertiary/aromatic N) is 2. The van der Waals surface area contributed by atoms with Gasteiger partial charge in [-0.3, -0.25) is 9.59 Å². The van der Waals surface area contributed by atoms with E-state index < -0.39 is 0 Å². The average Bonchev–Trinajstić information content (AvgIpc) is 3.08. The summed E-state index contributed by atoms with van der Waals surface area (Å²) in [5.74, 6) is -0.000462. The predicted molar refractivity (Wildman–Crippen MR) is 92.2 cm³/mol. The Morgan fingerprint density at radius 3 is 2.88 bits per heavy atom. The molecule has 2 aromatic rings. The summed E-state index contributed by atoms with van der Waals surface area (Å²) in [6.45, 7) is 2.23. The van der Waals surface area contributed by atoms with Gasteiger partial charge in [-0.25, -0.2) is 0 Å². The zero-order valence-electron chi connectivity index (χ0n) is 13.4. The molecular weight excluding hydrogens is 324 g/mol. The maximum atomic E-state index is 12.5. The van der Waals surface area contributed by atoms with E-state index in [1.165, 1.54) is 21.1 Å². The average molecular weight is 344 g/mol. The number of amides is 1. The van der Waals surface area contributed by atoms with E-state index >= 15 is 0 Å². The lowest BCUT2D eigenvalue weighted by Crippen LogP contribution is -2.49. The molecule has 1 fully saturated rings. The minimum atomic E-state index is -0.214. The molecule has 0 atom stereocenters. The number of rotatable bonds is 2. The van der Waals surface area contributed by atoms with Gasteiger partial charge in [0.15, 0.2) is 0 Å². The van der Waals surface area contributed by atoms with Crippen LogP contribution in [0.2, 0.25) is 0 Å². The van der Waals surface area contributed by atoms with E-state index in [4.69, 9.17) is 4.74 Å². The molecule has 1 spiro atoms. The molecule has 2 aliphatic rings. The second kappa shape index (κ2) is 6.18. The molecule has 6 heteroatoms. The molecule has 5 nitrogen and oxygen atoms in total. The number of aromatic nitrogens is 1. The summed E-state index contributed by atoms with van der Waals surface area (Å²) < 4.78 is 7.63. The van der Waals surface area contributed by atoms with Crippen LogP contribution >= 0.6 is 11.3 Å². The van der Waals surface area contributed by atoms with Gasteiger partial charge in [-0.1, -0.05) is 6.07 Å². The van der Waals surface area contributed by atoms with E-state index in [1.807, 2.05) is 4.90 Å². The quantitative estimate of drug-likeness (QED) is 0.837. The van der Waals surface area contributed by atoms with Gasteiger partial charge < -0.3 is 14.2 Å². The first-order valence-electron chi connectivity index (χ1n) is 8.32. The van der Waals surface area contributed by atoms with Crippen molar-refractivity contribution in [1.29, 1.82) is 0 Å². The van der Waals surface area contributed by atoms with Crippen LogP contribution in [0.5, 0.6) is 0 Å². The van der Waals surface area contributed by atoms with Crippen LogP contribution in [0.15, 0.2) is 40.6 Å². The Morgan fingerprint density at radius 2 is 2.08 bits per heavy atom. The minimum absolute atomic E-state index is 0.000462. The molecule has 1 amide bonds. The Kier molecular flexibility index (Phi) is 4.02. The third-order valence-corrected chi connectivity index (χ3v) is 6.05. The van der Waals surface area contributed by atoms with Crippen LogP contribution < -0.4 is 5.56 Å². The predicted octanol–water partition coefficient (Wildman–Crippen LogP) is 2.00. The highest BCUT2D eigenvalue weighted by Crippen LogP contribution is 2.43. The normalized spacial score (nSPS) is 19.2. The Balaban J connectivity index is 1.45. The third-order valence-electron chi connectivity index (χ3n) is 5.07. The lowest BCUT2D eigenvalue weighted by atomic mass is 9.82. The number of ether oxygens (including phenoxy) is 1. The highest BCUT2D eigenvalue weighted by Gasteiger charge is 2.42. The summed E-state index contributed by atoms with van der Waals surface area (Å²) in [7, 11) is 0. The van der Waals surface area contributed by atoms with E-state index in [2.05, 4.69) is 11.4 Å². The first-order valence-corrected chi connectivity index (χ1v) is 9.20. The van der Waals surface area contributed by atoms with Crippen LogP contribution in [0.4, 0.5) is 0 Å². The van der Waals surface area contributed by atoms with Gasteiger partial charge in [-0.05, 0) is 35.9 Å². The third kappa shape index (κ3) is 2.70. The molecule has 0 saturated carbocycles. The minimum Gasteiger partial charge on any atom is -0.370 e. The fraction of sp³-hybridized carbons (Fsp3) is 0.444. The first-order chi connectivity index (χ1) is 11.7. The highest BCUT2D eigenvalue weighted by molar-refractivity contribution is 7.10. The SMILES string of the molecule is O=C(Cn1ccccc1=O)N1CCC2(CC1)OCCc1sccc12. The van der Waals surface area contributed by atoms with Gasteiger partial charge in [0.05, 0.1) is 12.2 Å². The van der Waals surface area contributed by atoms with E-state index in [1.54, 1.807) is 29.7 Å². The fourth-order valence-corrected chi connectivity index (χ4v) is 4.68. The van der Waals surface area contributed by atoms with Crippen molar-refractivity contribution in [1.82, 2.24) is 9.47 Å². The second-order valence-corrected chi connectivity index (χ2v) is 7.40. The van der Waals surface area contributed by atoms with Gasteiger partial charge in [-0.2, -0.15) is 0 Å². The second-order valence-electron chi connectivity index (χ2n) is 6.40. The van der Waals surface area contributed by atoms with E-state index in [0.717, 1.165) is 25.9 Å². The summed E-state index contributed by atoms with van der Waals surface area (Å²) in [6.07, 6.45) is 4.31. The van der Waals surface area contributed by atoms with Crippen molar-refractivity contribution >= 4 is 17.2 Å². The Morgan fingerprint density at radius 1 is 1.25 bits per heavy atom. The maximum Gasteiger partial charge on any atom is 0.250 e. The van der Waals surface area contributed by atoms with E-state index in [9.17, 15) is 9.59 Å². The van der Waals surface area contributed by atoms with Crippen molar-refractivity contribution in [3.05, 3.63) is 56.6 Å². The fourth-order valence-electron chi connectivity index (χ4n) is 3.73. The topological polar surface area (TPSA) is 51.5 Å².